The smallest absolute Gasteiger partial charge is 0.169 e. The summed E-state index contributed by atoms with van der Waals surface area (Å²) in [6.45, 7) is 2.40. The highest BCUT2D eigenvalue weighted by molar-refractivity contribution is 5.67. The third kappa shape index (κ3) is 1.74. The van der Waals surface area contributed by atoms with E-state index in [-0.39, 0.29) is 11.5 Å². The van der Waals surface area contributed by atoms with Crippen molar-refractivity contribution < 1.29 is 14.2 Å². The van der Waals surface area contributed by atoms with Crippen LogP contribution in [-0.4, -0.2) is 44.4 Å². The molecule has 26 heavy (non-hydrogen) atoms. The molecule has 2 heterocycles. The number of rotatable bonds is 4. The van der Waals surface area contributed by atoms with Crippen LogP contribution >= 0.6 is 0 Å². The zero-order chi connectivity index (χ0) is 17.5. The van der Waals surface area contributed by atoms with Crippen molar-refractivity contribution in [2.75, 3.05) is 27.3 Å². The van der Waals surface area contributed by atoms with Gasteiger partial charge < -0.3 is 14.2 Å². The summed E-state index contributed by atoms with van der Waals surface area (Å²) in [5.74, 6) is 3.65. The van der Waals surface area contributed by atoms with Crippen molar-refractivity contribution in [3.8, 4) is 11.5 Å². The fraction of sp³-hybridized carbons (Fsp3) is 0.545. The van der Waals surface area contributed by atoms with Gasteiger partial charge in [0, 0.05) is 24.7 Å². The molecule has 0 radical (unpaired) electrons. The van der Waals surface area contributed by atoms with Crippen molar-refractivity contribution in [3.05, 3.63) is 46.7 Å². The molecule has 2 fully saturated rings. The van der Waals surface area contributed by atoms with E-state index in [0.717, 1.165) is 42.6 Å². The van der Waals surface area contributed by atoms with Gasteiger partial charge in [0.2, 0.25) is 0 Å². The largest absolute Gasteiger partial charge is 0.497 e. The molecular weight excluding hydrogens is 326 g/mol. The second kappa shape index (κ2) is 5.07. The standard InChI is InChI=1S/C22H25NO3/c1-24-17-7-5-14-11-16-15-6-8-18(25-2)21-22(15,19(14)20(17)26-21)9-10-23(16)12-13-3-4-13/h5-8,13,16,21H,3-4,9-12H2,1-2H3/t16-,21?,22+/m1/s1. The van der Waals surface area contributed by atoms with Crippen molar-refractivity contribution in [2.45, 2.75) is 43.2 Å². The molecule has 1 saturated heterocycles. The minimum absolute atomic E-state index is 0.0524. The van der Waals surface area contributed by atoms with Crippen LogP contribution in [0.15, 0.2) is 35.6 Å². The Bertz CT molecular complexity index is 853. The van der Waals surface area contributed by atoms with Crippen LogP contribution in [0.25, 0.3) is 0 Å². The molecule has 2 bridgehead atoms. The van der Waals surface area contributed by atoms with Crippen molar-refractivity contribution in [3.63, 3.8) is 0 Å². The summed E-state index contributed by atoms with van der Waals surface area (Å²) >= 11 is 0. The lowest BCUT2D eigenvalue weighted by molar-refractivity contribution is 0.0624. The van der Waals surface area contributed by atoms with Crippen LogP contribution in [0, 0.1) is 5.92 Å². The number of allylic oxidation sites excluding steroid dienone is 2. The van der Waals surface area contributed by atoms with Gasteiger partial charge in [-0.25, -0.2) is 0 Å². The summed E-state index contributed by atoms with van der Waals surface area (Å²) in [5.41, 5.74) is 4.28. The molecule has 136 valence electrons. The predicted octanol–water partition coefficient (Wildman–Crippen LogP) is 3.20. The fourth-order valence-corrected chi connectivity index (χ4v) is 5.85. The number of piperidine rings is 1. The summed E-state index contributed by atoms with van der Waals surface area (Å²) in [4.78, 5) is 2.74. The Morgan fingerprint density at radius 2 is 2.08 bits per heavy atom. The van der Waals surface area contributed by atoms with Crippen LogP contribution in [-0.2, 0) is 16.6 Å². The highest BCUT2D eigenvalue weighted by Crippen LogP contribution is 2.62. The topological polar surface area (TPSA) is 30.9 Å². The van der Waals surface area contributed by atoms with E-state index in [1.165, 1.54) is 36.1 Å². The Hall–Kier alpha value is -1.94. The molecule has 5 aliphatic rings. The zero-order valence-electron chi connectivity index (χ0n) is 15.5. The van der Waals surface area contributed by atoms with Gasteiger partial charge in [0.25, 0.3) is 0 Å². The molecule has 0 aromatic heterocycles. The molecule has 4 heteroatoms. The molecule has 1 aromatic carbocycles. The first-order valence-electron chi connectivity index (χ1n) is 9.83. The number of nitrogens with zero attached hydrogens (tertiary/aromatic N) is 1. The van der Waals surface area contributed by atoms with E-state index in [0.29, 0.717) is 6.04 Å². The SMILES string of the molecule is COC1=CC=C2[C@H]3Cc4ccc(OC)c5c4[C@@]2(CCN3CC2CC2)C1O5. The van der Waals surface area contributed by atoms with E-state index in [2.05, 4.69) is 29.2 Å². The van der Waals surface area contributed by atoms with Gasteiger partial charge in [-0.3, -0.25) is 4.90 Å². The molecule has 3 atom stereocenters. The Morgan fingerprint density at radius 1 is 1.19 bits per heavy atom. The van der Waals surface area contributed by atoms with Gasteiger partial charge in [-0.2, -0.15) is 0 Å². The molecule has 1 saturated carbocycles. The van der Waals surface area contributed by atoms with Crippen molar-refractivity contribution in [1.82, 2.24) is 4.90 Å². The van der Waals surface area contributed by atoms with Gasteiger partial charge in [0.05, 0.1) is 19.6 Å². The third-order valence-electron chi connectivity index (χ3n) is 7.19. The van der Waals surface area contributed by atoms with Gasteiger partial charge in [0.1, 0.15) is 5.76 Å². The first-order chi connectivity index (χ1) is 12.8. The maximum absolute atomic E-state index is 6.56. The molecule has 0 amide bonds. The highest BCUT2D eigenvalue weighted by Gasteiger charge is 2.62. The molecule has 1 aromatic rings. The second-order valence-corrected chi connectivity index (χ2v) is 8.40. The number of methoxy groups -OCH3 is 2. The van der Waals surface area contributed by atoms with E-state index < -0.39 is 0 Å². The van der Waals surface area contributed by atoms with E-state index in [4.69, 9.17) is 14.2 Å². The summed E-state index contributed by atoms with van der Waals surface area (Å²) in [6.07, 6.45) is 9.41. The molecule has 3 aliphatic carbocycles. The average Bonchev–Trinajstić information content (AvgIpc) is 3.41. The van der Waals surface area contributed by atoms with Crippen molar-refractivity contribution in [1.29, 1.82) is 0 Å². The Kier molecular flexibility index (Phi) is 2.95. The molecule has 1 unspecified atom stereocenters. The fourth-order valence-electron chi connectivity index (χ4n) is 5.85. The lowest BCUT2D eigenvalue weighted by Gasteiger charge is -2.53. The van der Waals surface area contributed by atoms with Gasteiger partial charge in [-0.15, -0.1) is 0 Å². The summed E-state index contributed by atoms with van der Waals surface area (Å²) < 4.78 is 17.9. The van der Waals surface area contributed by atoms with Gasteiger partial charge in [-0.1, -0.05) is 12.1 Å². The van der Waals surface area contributed by atoms with Crippen LogP contribution in [0.3, 0.4) is 0 Å². The monoisotopic (exact) mass is 351 g/mol. The number of hydrogen-bond donors (Lipinski definition) is 0. The highest BCUT2D eigenvalue weighted by atomic mass is 16.6. The molecular formula is C22H25NO3. The Balaban J connectivity index is 1.56. The molecule has 1 spiro atoms. The van der Waals surface area contributed by atoms with E-state index in [1.54, 1.807) is 14.2 Å². The number of ether oxygens (including phenoxy) is 3. The first-order valence-corrected chi connectivity index (χ1v) is 9.83. The first kappa shape index (κ1) is 15.2. The van der Waals surface area contributed by atoms with E-state index >= 15 is 0 Å². The quantitative estimate of drug-likeness (QED) is 0.834. The predicted molar refractivity (Wildman–Crippen MR) is 98.7 cm³/mol. The summed E-state index contributed by atoms with van der Waals surface area (Å²) in [5, 5.41) is 0. The van der Waals surface area contributed by atoms with E-state index in [1.807, 2.05) is 0 Å². The lowest BCUT2D eigenvalue weighted by atomic mass is 9.57. The lowest BCUT2D eigenvalue weighted by Crippen LogP contribution is -2.59. The van der Waals surface area contributed by atoms with Crippen molar-refractivity contribution in [2.24, 2.45) is 5.92 Å². The van der Waals surface area contributed by atoms with Crippen molar-refractivity contribution >= 4 is 0 Å². The molecule has 0 N–H and O–H groups in total. The van der Waals surface area contributed by atoms with Gasteiger partial charge >= 0.3 is 0 Å². The zero-order valence-corrected chi connectivity index (χ0v) is 15.5. The van der Waals surface area contributed by atoms with Crippen LogP contribution in [0.2, 0.25) is 0 Å². The number of benzene rings is 1. The minimum Gasteiger partial charge on any atom is -0.497 e. The molecule has 4 nitrogen and oxygen atoms in total. The summed E-state index contributed by atoms with van der Waals surface area (Å²) in [6, 6.07) is 4.84. The maximum atomic E-state index is 6.56. The normalized spacial score (nSPS) is 33.8. The van der Waals surface area contributed by atoms with Gasteiger partial charge in [-0.05, 0) is 54.9 Å². The third-order valence-corrected chi connectivity index (χ3v) is 7.19. The Morgan fingerprint density at radius 3 is 2.85 bits per heavy atom. The minimum atomic E-state index is -0.0672. The van der Waals surface area contributed by atoms with Crippen LogP contribution in [0.5, 0.6) is 11.5 Å². The van der Waals surface area contributed by atoms with Crippen LogP contribution in [0.4, 0.5) is 0 Å². The molecule has 6 rings (SSSR count). The van der Waals surface area contributed by atoms with Crippen LogP contribution < -0.4 is 9.47 Å². The van der Waals surface area contributed by atoms with Crippen LogP contribution in [0.1, 0.15) is 30.4 Å². The maximum Gasteiger partial charge on any atom is 0.169 e. The Labute approximate surface area is 154 Å². The second-order valence-electron chi connectivity index (χ2n) is 8.40. The van der Waals surface area contributed by atoms with Gasteiger partial charge in [0.15, 0.2) is 17.6 Å². The summed E-state index contributed by atoms with van der Waals surface area (Å²) in [7, 11) is 3.49. The average molecular weight is 351 g/mol. The number of likely N-dealkylation sites (tertiary alicyclic amines) is 1. The number of hydrogen-bond acceptors (Lipinski definition) is 4. The van der Waals surface area contributed by atoms with E-state index in [9.17, 15) is 0 Å². The molecule has 2 aliphatic heterocycles.